The van der Waals surface area contributed by atoms with Crippen LogP contribution in [-0.2, 0) is 4.74 Å². The van der Waals surface area contributed by atoms with Crippen molar-refractivity contribution >= 4 is 27.7 Å². The number of ketones is 1. The number of halogens is 1. The standard InChI is InChI=1S/C20H18BrNO5/c1-12-10-16(13(2)22(12)14-4-6-15(25-3)7-5-14)17(23)11-26-20(24)18-8-9-19(21)27-18/h4-10H,11H2,1-3H3. The molecule has 0 radical (unpaired) electrons. The summed E-state index contributed by atoms with van der Waals surface area (Å²) in [6.07, 6.45) is 0. The van der Waals surface area contributed by atoms with Gasteiger partial charge in [0.1, 0.15) is 5.75 Å². The highest BCUT2D eigenvalue weighted by atomic mass is 79.9. The first-order chi connectivity index (χ1) is 12.9. The van der Waals surface area contributed by atoms with Gasteiger partial charge in [0.2, 0.25) is 11.5 Å². The molecule has 7 heteroatoms. The van der Waals surface area contributed by atoms with E-state index in [0.29, 0.717) is 10.2 Å². The highest BCUT2D eigenvalue weighted by Gasteiger charge is 2.19. The van der Waals surface area contributed by atoms with Crippen molar-refractivity contribution in [2.45, 2.75) is 13.8 Å². The van der Waals surface area contributed by atoms with Crippen LogP contribution >= 0.6 is 15.9 Å². The molecule has 0 aliphatic heterocycles. The minimum Gasteiger partial charge on any atom is -0.497 e. The van der Waals surface area contributed by atoms with Crippen LogP contribution in [0.1, 0.15) is 32.3 Å². The summed E-state index contributed by atoms with van der Waals surface area (Å²) in [5.74, 6) is -0.160. The van der Waals surface area contributed by atoms with Gasteiger partial charge in [0, 0.05) is 22.6 Å². The Hall–Kier alpha value is -2.80. The molecule has 6 nitrogen and oxygen atoms in total. The van der Waals surface area contributed by atoms with Gasteiger partial charge in [0.15, 0.2) is 11.3 Å². The fraction of sp³-hybridized carbons (Fsp3) is 0.200. The van der Waals surface area contributed by atoms with Crippen molar-refractivity contribution in [2.75, 3.05) is 13.7 Å². The smallest absolute Gasteiger partial charge is 0.374 e. The Bertz CT molecular complexity index is 984. The second-order valence-corrected chi connectivity index (χ2v) is 6.70. The number of nitrogens with zero attached hydrogens (tertiary/aromatic N) is 1. The van der Waals surface area contributed by atoms with Gasteiger partial charge in [-0.15, -0.1) is 0 Å². The van der Waals surface area contributed by atoms with E-state index >= 15 is 0 Å². The number of esters is 1. The number of aromatic nitrogens is 1. The molecule has 0 atom stereocenters. The number of carbonyl (C=O) groups is 2. The molecular formula is C20H18BrNO5. The third kappa shape index (κ3) is 3.98. The molecule has 1 aromatic carbocycles. The van der Waals surface area contributed by atoms with Gasteiger partial charge in [0.25, 0.3) is 0 Å². The molecular weight excluding hydrogens is 414 g/mol. The van der Waals surface area contributed by atoms with Gasteiger partial charge < -0.3 is 18.5 Å². The van der Waals surface area contributed by atoms with E-state index in [-0.39, 0.29) is 18.2 Å². The van der Waals surface area contributed by atoms with Crippen LogP contribution in [-0.4, -0.2) is 30.0 Å². The number of Topliss-reactive ketones (excluding diaryl/α,β-unsaturated/α-hetero) is 1. The van der Waals surface area contributed by atoms with Crippen LogP contribution in [0.3, 0.4) is 0 Å². The van der Waals surface area contributed by atoms with E-state index in [1.807, 2.05) is 42.7 Å². The first-order valence-electron chi connectivity index (χ1n) is 8.19. The number of hydrogen-bond acceptors (Lipinski definition) is 5. The lowest BCUT2D eigenvalue weighted by Gasteiger charge is -2.10. The molecule has 0 saturated heterocycles. The van der Waals surface area contributed by atoms with Gasteiger partial charge >= 0.3 is 5.97 Å². The first-order valence-corrected chi connectivity index (χ1v) is 8.99. The highest BCUT2D eigenvalue weighted by molar-refractivity contribution is 9.10. The second kappa shape index (κ2) is 7.84. The van der Waals surface area contributed by atoms with Crippen LogP contribution in [0.25, 0.3) is 5.69 Å². The van der Waals surface area contributed by atoms with Gasteiger partial charge in [0.05, 0.1) is 7.11 Å². The quantitative estimate of drug-likeness (QED) is 0.424. The molecule has 0 aliphatic rings. The molecule has 0 spiro atoms. The van der Waals surface area contributed by atoms with Crippen molar-refractivity contribution in [3.05, 3.63) is 69.8 Å². The Morgan fingerprint density at radius 1 is 1.11 bits per heavy atom. The molecule has 3 aromatic rings. The average Bonchev–Trinajstić information content (AvgIpc) is 3.22. The summed E-state index contributed by atoms with van der Waals surface area (Å²) >= 11 is 3.12. The molecule has 0 fully saturated rings. The Labute approximate surface area is 164 Å². The molecule has 2 aromatic heterocycles. The third-order valence-electron chi connectivity index (χ3n) is 4.17. The van der Waals surface area contributed by atoms with Crippen LogP contribution in [0.15, 0.2) is 51.6 Å². The number of benzene rings is 1. The van der Waals surface area contributed by atoms with E-state index in [9.17, 15) is 9.59 Å². The number of carbonyl (C=O) groups excluding carboxylic acids is 2. The molecule has 0 N–H and O–H groups in total. The van der Waals surface area contributed by atoms with Crippen LogP contribution in [0.2, 0.25) is 0 Å². The van der Waals surface area contributed by atoms with E-state index in [0.717, 1.165) is 22.8 Å². The molecule has 0 amide bonds. The van der Waals surface area contributed by atoms with Crippen LogP contribution in [0.4, 0.5) is 0 Å². The summed E-state index contributed by atoms with van der Waals surface area (Å²) in [6.45, 7) is 3.42. The monoisotopic (exact) mass is 431 g/mol. The van der Waals surface area contributed by atoms with Crippen LogP contribution in [0, 0.1) is 13.8 Å². The normalized spacial score (nSPS) is 10.7. The van der Waals surface area contributed by atoms with Crippen molar-refractivity contribution in [3.63, 3.8) is 0 Å². The Morgan fingerprint density at radius 3 is 2.41 bits per heavy atom. The zero-order chi connectivity index (χ0) is 19.6. The molecule has 2 heterocycles. The van der Waals surface area contributed by atoms with E-state index in [2.05, 4.69) is 15.9 Å². The summed E-state index contributed by atoms with van der Waals surface area (Å²) in [7, 11) is 1.61. The molecule has 3 rings (SSSR count). The van der Waals surface area contributed by atoms with E-state index in [4.69, 9.17) is 13.9 Å². The van der Waals surface area contributed by atoms with Gasteiger partial charge in [-0.25, -0.2) is 4.79 Å². The van der Waals surface area contributed by atoms with Crippen molar-refractivity contribution in [2.24, 2.45) is 0 Å². The summed E-state index contributed by atoms with van der Waals surface area (Å²) in [5.41, 5.74) is 3.11. The molecule has 0 unspecified atom stereocenters. The Balaban J connectivity index is 1.76. The summed E-state index contributed by atoms with van der Waals surface area (Å²) in [4.78, 5) is 24.5. The minimum absolute atomic E-state index is 0.0402. The number of furan rings is 1. The predicted octanol–water partition coefficient (Wildman–Crippen LogP) is 4.50. The lowest BCUT2D eigenvalue weighted by Crippen LogP contribution is -2.14. The van der Waals surface area contributed by atoms with Crippen LogP contribution in [0.5, 0.6) is 5.75 Å². The fourth-order valence-corrected chi connectivity index (χ4v) is 3.18. The zero-order valence-electron chi connectivity index (χ0n) is 15.1. The van der Waals surface area contributed by atoms with Crippen molar-refractivity contribution in [1.82, 2.24) is 4.57 Å². The predicted molar refractivity (Wildman–Crippen MR) is 103 cm³/mol. The van der Waals surface area contributed by atoms with E-state index in [1.165, 1.54) is 6.07 Å². The SMILES string of the molecule is COc1ccc(-n2c(C)cc(C(=O)COC(=O)c3ccc(Br)o3)c2C)cc1. The minimum atomic E-state index is -0.682. The third-order valence-corrected chi connectivity index (χ3v) is 4.60. The lowest BCUT2D eigenvalue weighted by molar-refractivity contribution is 0.0442. The number of methoxy groups -OCH3 is 1. The molecule has 0 aliphatic carbocycles. The zero-order valence-corrected chi connectivity index (χ0v) is 16.7. The number of ether oxygens (including phenoxy) is 2. The van der Waals surface area contributed by atoms with Crippen molar-refractivity contribution in [1.29, 1.82) is 0 Å². The summed E-state index contributed by atoms with van der Waals surface area (Å²) < 4.78 is 17.8. The van der Waals surface area contributed by atoms with Crippen molar-refractivity contribution in [3.8, 4) is 11.4 Å². The molecule has 0 saturated carbocycles. The lowest BCUT2D eigenvalue weighted by atomic mass is 10.1. The van der Waals surface area contributed by atoms with Gasteiger partial charge in [-0.3, -0.25) is 4.79 Å². The van der Waals surface area contributed by atoms with Gasteiger partial charge in [-0.1, -0.05) is 0 Å². The number of hydrogen-bond donors (Lipinski definition) is 0. The molecule has 140 valence electrons. The van der Waals surface area contributed by atoms with Gasteiger partial charge in [-0.2, -0.15) is 0 Å². The maximum absolute atomic E-state index is 12.6. The average molecular weight is 432 g/mol. The summed E-state index contributed by atoms with van der Waals surface area (Å²) in [5, 5.41) is 0. The first kappa shape index (κ1) is 19.0. The number of rotatable bonds is 6. The number of aryl methyl sites for hydroxylation is 1. The molecule has 27 heavy (non-hydrogen) atoms. The second-order valence-electron chi connectivity index (χ2n) is 5.92. The largest absolute Gasteiger partial charge is 0.497 e. The Morgan fingerprint density at radius 2 is 1.81 bits per heavy atom. The van der Waals surface area contributed by atoms with Gasteiger partial charge in [-0.05, 0) is 72.2 Å². The topological polar surface area (TPSA) is 70.7 Å². The highest BCUT2D eigenvalue weighted by Crippen LogP contribution is 2.23. The maximum Gasteiger partial charge on any atom is 0.374 e. The molecule has 0 bridgehead atoms. The van der Waals surface area contributed by atoms with Crippen LogP contribution < -0.4 is 4.74 Å². The van der Waals surface area contributed by atoms with E-state index < -0.39 is 5.97 Å². The fourth-order valence-electron chi connectivity index (χ4n) is 2.88. The summed E-state index contributed by atoms with van der Waals surface area (Å²) in [6, 6.07) is 12.4. The van der Waals surface area contributed by atoms with Crippen molar-refractivity contribution < 1.29 is 23.5 Å². The van der Waals surface area contributed by atoms with E-state index in [1.54, 1.807) is 19.2 Å². The maximum atomic E-state index is 12.6. The Kier molecular flexibility index (Phi) is 5.51.